The number of aliphatic imine (C=N–C) groups is 1. The normalized spacial score (nSPS) is 25.0. The largest absolute Gasteiger partial charge is 0.376 e. The van der Waals surface area contributed by atoms with Gasteiger partial charge in [-0.05, 0) is 19.3 Å². The summed E-state index contributed by atoms with van der Waals surface area (Å²) in [6, 6.07) is 0.123. The third-order valence-electron chi connectivity index (χ3n) is 4.00. The van der Waals surface area contributed by atoms with Crippen molar-refractivity contribution in [3.8, 4) is 0 Å². The monoisotopic (exact) mass is 325 g/mol. The topological polar surface area (TPSA) is 95.1 Å². The minimum Gasteiger partial charge on any atom is -0.376 e. The molecule has 3 N–H and O–H groups in total. The van der Waals surface area contributed by atoms with Gasteiger partial charge in [0.1, 0.15) is 6.54 Å². The smallest absolute Gasteiger partial charge is 0.243 e. The molecule has 2 fully saturated rings. The van der Waals surface area contributed by atoms with Crippen molar-refractivity contribution in [1.29, 1.82) is 0 Å². The van der Waals surface area contributed by atoms with E-state index in [0.29, 0.717) is 25.5 Å². The second-order valence-electron chi connectivity index (χ2n) is 6.15. The molecule has 130 valence electrons. The number of nitrogens with zero attached hydrogens (tertiary/aromatic N) is 2. The van der Waals surface area contributed by atoms with Gasteiger partial charge in [-0.1, -0.05) is 0 Å². The number of rotatable bonds is 5. The Morgan fingerprint density at radius 3 is 2.87 bits per heavy atom. The van der Waals surface area contributed by atoms with Gasteiger partial charge in [0.05, 0.1) is 6.10 Å². The molecule has 0 aromatic carbocycles. The summed E-state index contributed by atoms with van der Waals surface area (Å²) >= 11 is 0. The fourth-order valence-corrected chi connectivity index (χ4v) is 2.51. The molecule has 0 spiro atoms. The van der Waals surface area contributed by atoms with Crippen molar-refractivity contribution in [3.05, 3.63) is 0 Å². The second kappa shape index (κ2) is 8.71. The van der Waals surface area contributed by atoms with Crippen molar-refractivity contribution >= 4 is 17.8 Å². The highest BCUT2D eigenvalue weighted by Crippen LogP contribution is 2.10. The van der Waals surface area contributed by atoms with E-state index in [0.717, 1.165) is 25.9 Å². The van der Waals surface area contributed by atoms with Crippen LogP contribution in [0.2, 0.25) is 0 Å². The van der Waals surface area contributed by atoms with E-state index >= 15 is 0 Å². The lowest BCUT2D eigenvalue weighted by Crippen LogP contribution is -2.52. The van der Waals surface area contributed by atoms with E-state index in [1.54, 1.807) is 14.1 Å². The zero-order chi connectivity index (χ0) is 16.7. The molecular formula is C15H27N5O3. The first kappa shape index (κ1) is 17.5. The Bertz CT molecular complexity index is 436. The van der Waals surface area contributed by atoms with E-state index in [1.807, 2.05) is 0 Å². The highest BCUT2D eigenvalue weighted by molar-refractivity contribution is 5.85. The molecule has 2 aliphatic rings. The number of hydrogen-bond acceptors (Lipinski definition) is 4. The number of hydrogen-bond donors (Lipinski definition) is 3. The molecular weight excluding hydrogens is 298 g/mol. The summed E-state index contributed by atoms with van der Waals surface area (Å²) < 4.78 is 5.59. The number of carbonyl (C=O) groups excluding carboxylic acids is 2. The summed E-state index contributed by atoms with van der Waals surface area (Å²) in [6.45, 7) is 2.13. The van der Waals surface area contributed by atoms with Gasteiger partial charge in [-0.3, -0.25) is 9.59 Å². The maximum atomic E-state index is 11.7. The van der Waals surface area contributed by atoms with Gasteiger partial charge in [-0.25, -0.2) is 4.99 Å². The Morgan fingerprint density at radius 2 is 2.26 bits per heavy atom. The van der Waals surface area contributed by atoms with Gasteiger partial charge in [-0.2, -0.15) is 0 Å². The van der Waals surface area contributed by atoms with E-state index in [9.17, 15) is 9.59 Å². The zero-order valence-electron chi connectivity index (χ0n) is 13.9. The summed E-state index contributed by atoms with van der Waals surface area (Å²) in [5.74, 6) is 0.619. The van der Waals surface area contributed by atoms with Crippen LogP contribution in [0.15, 0.2) is 4.99 Å². The van der Waals surface area contributed by atoms with Gasteiger partial charge in [0.2, 0.25) is 11.8 Å². The van der Waals surface area contributed by atoms with Gasteiger partial charge in [-0.15, -0.1) is 0 Å². The van der Waals surface area contributed by atoms with Crippen molar-refractivity contribution in [2.75, 3.05) is 40.3 Å². The molecule has 8 nitrogen and oxygen atoms in total. The standard InChI is InChI=1S/C15H27N5O3/c1-20(2)14(22)10-18-15(17-9-12-4-3-7-23-12)19-11-5-6-13(21)16-8-11/h11-12H,3-10H2,1-2H3,(H,16,21)(H2,17,18,19). The Labute approximate surface area is 137 Å². The molecule has 0 aromatic rings. The molecule has 23 heavy (non-hydrogen) atoms. The maximum Gasteiger partial charge on any atom is 0.243 e. The minimum absolute atomic E-state index is 0.0554. The number of carbonyl (C=O) groups is 2. The van der Waals surface area contributed by atoms with Crippen LogP contribution < -0.4 is 16.0 Å². The second-order valence-corrected chi connectivity index (χ2v) is 6.15. The van der Waals surface area contributed by atoms with Crippen molar-refractivity contribution < 1.29 is 14.3 Å². The lowest BCUT2D eigenvalue weighted by molar-refractivity contribution is -0.127. The summed E-state index contributed by atoms with van der Waals surface area (Å²) in [5.41, 5.74) is 0. The molecule has 2 heterocycles. The molecule has 2 unspecified atom stereocenters. The summed E-state index contributed by atoms with van der Waals surface area (Å²) in [5, 5.41) is 9.37. The van der Waals surface area contributed by atoms with Gasteiger partial charge >= 0.3 is 0 Å². The number of likely N-dealkylation sites (N-methyl/N-ethyl adjacent to an activating group) is 1. The number of ether oxygens (including phenoxy) is 1. The van der Waals surface area contributed by atoms with Gasteiger partial charge in [0.25, 0.3) is 0 Å². The molecule has 0 bridgehead atoms. The first-order valence-corrected chi connectivity index (χ1v) is 8.18. The highest BCUT2D eigenvalue weighted by Gasteiger charge is 2.20. The lowest BCUT2D eigenvalue weighted by Gasteiger charge is -2.26. The van der Waals surface area contributed by atoms with Crippen LogP contribution in [-0.4, -0.2) is 75.2 Å². The van der Waals surface area contributed by atoms with Crippen molar-refractivity contribution in [2.45, 2.75) is 37.8 Å². The zero-order valence-corrected chi connectivity index (χ0v) is 13.9. The van der Waals surface area contributed by atoms with Crippen molar-refractivity contribution in [2.24, 2.45) is 4.99 Å². The average Bonchev–Trinajstić information content (AvgIpc) is 3.05. The molecule has 0 radical (unpaired) electrons. The minimum atomic E-state index is -0.0554. The molecule has 0 saturated carbocycles. The van der Waals surface area contributed by atoms with E-state index < -0.39 is 0 Å². The van der Waals surface area contributed by atoms with Crippen LogP contribution in [0.4, 0.5) is 0 Å². The number of amides is 2. The van der Waals surface area contributed by atoms with Gasteiger partial charge in [0.15, 0.2) is 5.96 Å². The van der Waals surface area contributed by atoms with E-state index in [4.69, 9.17) is 4.74 Å². The summed E-state index contributed by atoms with van der Waals surface area (Å²) in [4.78, 5) is 28.8. The Balaban J connectivity index is 1.87. The molecule has 2 atom stereocenters. The van der Waals surface area contributed by atoms with E-state index in [2.05, 4.69) is 20.9 Å². The quantitative estimate of drug-likeness (QED) is 0.448. The van der Waals surface area contributed by atoms with Crippen LogP contribution in [-0.2, 0) is 14.3 Å². The number of guanidine groups is 1. The fraction of sp³-hybridized carbons (Fsp3) is 0.800. The van der Waals surface area contributed by atoms with Gasteiger partial charge < -0.3 is 25.6 Å². The first-order valence-electron chi connectivity index (χ1n) is 8.18. The summed E-state index contributed by atoms with van der Waals surface area (Å²) in [6.07, 6.45) is 3.58. The maximum absolute atomic E-state index is 11.7. The van der Waals surface area contributed by atoms with Crippen LogP contribution in [0.5, 0.6) is 0 Å². The summed E-state index contributed by atoms with van der Waals surface area (Å²) in [7, 11) is 3.42. The SMILES string of the molecule is CN(C)C(=O)CN=C(NCC1CCCO1)NC1CCC(=O)NC1. The van der Waals surface area contributed by atoms with Crippen LogP contribution in [0.3, 0.4) is 0 Å². The number of piperidine rings is 1. The Morgan fingerprint density at radius 1 is 1.43 bits per heavy atom. The molecule has 2 rings (SSSR count). The highest BCUT2D eigenvalue weighted by atomic mass is 16.5. The number of nitrogens with one attached hydrogen (secondary N) is 3. The Hall–Kier alpha value is -1.83. The predicted molar refractivity (Wildman–Crippen MR) is 87.1 cm³/mol. The van der Waals surface area contributed by atoms with Crippen LogP contribution >= 0.6 is 0 Å². The first-order chi connectivity index (χ1) is 11.0. The third-order valence-corrected chi connectivity index (χ3v) is 4.00. The van der Waals surface area contributed by atoms with Crippen LogP contribution in [0.25, 0.3) is 0 Å². The lowest BCUT2D eigenvalue weighted by atomic mass is 10.1. The van der Waals surface area contributed by atoms with E-state index in [-0.39, 0.29) is 30.5 Å². The van der Waals surface area contributed by atoms with Crippen LogP contribution in [0.1, 0.15) is 25.7 Å². The average molecular weight is 325 g/mol. The predicted octanol–water partition coefficient (Wildman–Crippen LogP) is -0.933. The molecule has 0 aliphatic carbocycles. The van der Waals surface area contributed by atoms with Crippen LogP contribution in [0, 0.1) is 0 Å². The molecule has 8 heteroatoms. The van der Waals surface area contributed by atoms with Crippen molar-refractivity contribution in [1.82, 2.24) is 20.9 Å². The molecule has 2 amide bonds. The Kier molecular flexibility index (Phi) is 6.64. The molecule has 0 aromatic heterocycles. The third kappa shape index (κ3) is 6.05. The van der Waals surface area contributed by atoms with E-state index in [1.165, 1.54) is 4.90 Å². The molecule has 2 aliphatic heterocycles. The fourth-order valence-electron chi connectivity index (χ4n) is 2.51. The van der Waals surface area contributed by atoms with Crippen molar-refractivity contribution in [3.63, 3.8) is 0 Å². The van der Waals surface area contributed by atoms with Gasteiger partial charge in [0, 0.05) is 46.3 Å². The molecule has 2 saturated heterocycles.